The molecule has 0 aliphatic carbocycles. The fourth-order valence-corrected chi connectivity index (χ4v) is 2.71. The largest absolute Gasteiger partial charge is 0.350 e. The molecule has 1 unspecified atom stereocenters. The number of hydrogen-bond donors (Lipinski definition) is 1. The standard InChI is InChI=1S/C15H22ClN3O/c1-10(2)13-7-11(8-14(16)18-13)15(20)17-9-12-5-4-6-19(12)3/h7-8,10,12H,4-6,9H2,1-3H3,(H,17,20). The minimum Gasteiger partial charge on any atom is -0.350 e. The third kappa shape index (κ3) is 3.70. The van der Waals surface area contributed by atoms with Crippen LogP contribution in [0.5, 0.6) is 0 Å². The van der Waals surface area contributed by atoms with Gasteiger partial charge in [0.1, 0.15) is 5.15 Å². The van der Waals surface area contributed by atoms with Gasteiger partial charge in [-0.25, -0.2) is 4.98 Å². The Morgan fingerprint density at radius 3 is 2.90 bits per heavy atom. The Labute approximate surface area is 125 Å². The molecule has 1 fully saturated rings. The lowest BCUT2D eigenvalue weighted by Gasteiger charge is -2.19. The summed E-state index contributed by atoms with van der Waals surface area (Å²) in [5, 5.41) is 3.37. The predicted octanol–water partition coefficient (Wildman–Crippen LogP) is 2.68. The van der Waals surface area contributed by atoms with Gasteiger partial charge in [-0.2, -0.15) is 0 Å². The molecule has 0 aromatic carbocycles. The Balaban J connectivity index is 2.01. The molecule has 1 amide bonds. The number of nitrogens with one attached hydrogen (secondary N) is 1. The Hall–Kier alpha value is -1.13. The number of pyridine rings is 1. The first-order chi connectivity index (χ1) is 9.47. The highest BCUT2D eigenvalue weighted by molar-refractivity contribution is 6.29. The molecule has 0 spiro atoms. The second-order valence-electron chi connectivity index (χ2n) is 5.74. The van der Waals surface area contributed by atoms with Gasteiger partial charge in [-0.3, -0.25) is 4.79 Å². The molecule has 20 heavy (non-hydrogen) atoms. The molecule has 1 aliphatic heterocycles. The zero-order valence-electron chi connectivity index (χ0n) is 12.3. The Kier molecular flexibility index (Phi) is 5.00. The van der Waals surface area contributed by atoms with Crippen LogP contribution in [0.15, 0.2) is 12.1 Å². The highest BCUT2D eigenvalue weighted by atomic mass is 35.5. The molecule has 0 bridgehead atoms. The summed E-state index contributed by atoms with van der Waals surface area (Å²) in [5.74, 6) is 0.178. The molecule has 110 valence electrons. The maximum atomic E-state index is 12.2. The lowest BCUT2D eigenvalue weighted by molar-refractivity contribution is 0.0943. The number of likely N-dealkylation sites (tertiary alicyclic amines) is 1. The number of amides is 1. The first kappa shape index (κ1) is 15.3. The van der Waals surface area contributed by atoms with Crippen LogP contribution in [0.1, 0.15) is 48.7 Å². The summed E-state index contributed by atoms with van der Waals surface area (Å²) in [6, 6.07) is 3.89. The van der Waals surface area contributed by atoms with Crippen LogP contribution in [-0.2, 0) is 0 Å². The van der Waals surface area contributed by atoms with Crippen molar-refractivity contribution in [2.45, 2.75) is 38.6 Å². The van der Waals surface area contributed by atoms with E-state index in [2.05, 4.69) is 22.2 Å². The molecule has 1 N–H and O–H groups in total. The van der Waals surface area contributed by atoms with Crippen molar-refractivity contribution in [3.63, 3.8) is 0 Å². The average Bonchev–Trinajstić information content (AvgIpc) is 2.80. The smallest absolute Gasteiger partial charge is 0.251 e. The molecular weight excluding hydrogens is 274 g/mol. The van der Waals surface area contributed by atoms with Crippen molar-refractivity contribution in [3.05, 3.63) is 28.5 Å². The molecule has 1 aliphatic rings. The number of rotatable bonds is 4. The van der Waals surface area contributed by atoms with Crippen LogP contribution in [-0.4, -0.2) is 42.0 Å². The molecule has 1 atom stereocenters. The van der Waals surface area contributed by atoms with Gasteiger partial charge >= 0.3 is 0 Å². The zero-order chi connectivity index (χ0) is 14.7. The maximum Gasteiger partial charge on any atom is 0.251 e. The fraction of sp³-hybridized carbons (Fsp3) is 0.600. The predicted molar refractivity (Wildman–Crippen MR) is 81.3 cm³/mol. The summed E-state index contributed by atoms with van der Waals surface area (Å²) < 4.78 is 0. The Bertz CT molecular complexity index is 490. The van der Waals surface area contributed by atoms with E-state index in [0.717, 1.165) is 18.7 Å². The van der Waals surface area contributed by atoms with Crippen molar-refractivity contribution in [2.24, 2.45) is 0 Å². The number of hydrogen-bond acceptors (Lipinski definition) is 3. The molecule has 2 rings (SSSR count). The molecule has 5 heteroatoms. The average molecular weight is 296 g/mol. The molecule has 1 aromatic rings. The molecule has 0 saturated carbocycles. The van der Waals surface area contributed by atoms with Crippen LogP contribution in [0.25, 0.3) is 0 Å². The van der Waals surface area contributed by atoms with Gasteiger partial charge in [0, 0.05) is 23.8 Å². The Morgan fingerprint density at radius 2 is 2.30 bits per heavy atom. The lowest BCUT2D eigenvalue weighted by atomic mass is 10.1. The van der Waals surface area contributed by atoms with E-state index in [4.69, 9.17) is 11.6 Å². The topological polar surface area (TPSA) is 45.2 Å². The summed E-state index contributed by atoms with van der Waals surface area (Å²) in [7, 11) is 2.10. The van der Waals surface area contributed by atoms with Gasteiger partial charge in [0.15, 0.2) is 0 Å². The third-order valence-corrected chi connectivity index (χ3v) is 4.03. The monoisotopic (exact) mass is 295 g/mol. The molecular formula is C15H22ClN3O. The molecule has 2 heterocycles. The van der Waals surface area contributed by atoms with Crippen LogP contribution < -0.4 is 5.32 Å². The van der Waals surface area contributed by atoms with Gasteiger partial charge in [-0.15, -0.1) is 0 Å². The molecule has 0 radical (unpaired) electrons. The number of likely N-dealkylation sites (N-methyl/N-ethyl adjacent to an activating group) is 1. The third-order valence-electron chi connectivity index (χ3n) is 3.84. The van der Waals surface area contributed by atoms with Crippen LogP contribution in [0, 0.1) is 0 Å². The minimum atomic E-state index is -0.0727. The zero-order valence-corrected chi connectivity index (χ0v) is 13.1. The van der Waals surface area contributed by atoms with Crippen LogP contribution in [0.3, 0.4) is 0 Å². The van der Waals surface area contributed by atoms with Crippen molar-refractivity contribution < 1.29 is 4.79 Å². The van der Waals surface area contributed by atoms with Gasteiger partial charge in [0.2, 0.25) is 0 Å². The van der Waals surface area contributed by atoms with Gasteiger partial charge in [0.25, 0.3) is 5.91 Å². The summed E-state index contributed by atoms with van der Waals surface area (Å²) in [4.78, 5) is 18.8. The van der Waals surface area contributed by atoms with E-state index in [1.54, 1.807) is 6.07 Å². The number of halogens is 1. The second-order valence-corrected chi connectivity index (χ2v) is 6.13. The van der Waals surface area contributed by atoms with Crippen molar-refractivity contribution in [1.82, 2.24) is 15.2 Å². The summed E-state index contributed by atoms with van der Waals surface area (Å²) in [6.07, 6.45) is 2.35. The first-order valence-corrected chi connectivity index (χ1v) is 7.51. The molecule has 1 aromatic heterocycles. The molecule has 1 saturated heterocycles. The van der Waals surface area contributed by atoms with E-state index in [1.807, 2.05) is 19.9 Å². The van der Waals surface area contributed by atoms with Crippen LogP contribution in [0.4, 0.5) is 0 Å². The van der Waals surface area contributed by atoms with Gasteiger partial charge < -0.3 is 10.2 Å². The molecule has 4 nitrogen and oxygen atoms in total. The Morgan fingerprint density at radius 1 is 1.55 bits per heavy atom. The lowest BCUT2D eigenvalue weighted by Crippen LogP contribution is -2.38. The van der Waals surface area contributed by atoms with Crippen molar-refractivity contribution >= 4 is 17.5 Å². The van der Waals surface area contributed by atoms with Gasteiger partial charge in [-0.05, 0) is 44.5 Å². The van der Waals surface area contributed by atoms with E-state index in [9.17, 15) is 4.79 Å². The van der Waals surface area contributed by atoms with E-state index in [-0.39, 0.29) is 11.8 Å². The highest BCUT2D eigenvalue weighted by Crippen LogP contribution is 2.18. The normalized spacial score (nSPS) is 19.6. The van der Waals surface area contributed by atoms with Crippen LogP contribution in [0.2, 0.25) is 5.15 Å². The van der Waals surface area contributed by atoms with E-state index in [1.165, 1.54) is 6.42 Å². The minimum absolute atomic E-state index is 0.0727. The maximum absolute atomic E-state index is 12.2. The number of carbonyl (C=O) groups is 1. The summed E-state index contributed by atoms with van der Waals surface area (Å²) in [6.45, 7) is 5.87. The van der Waals surface area contributed by atoms with Crippen molar-refractivity contribution in [1.29, 1.82) is 0 Å². The summed E-state index contributed by atoms with van der Waals surface area (Å²) >= 11 is 5.99. The number of aromatic nitrogens is 1. The van der Waals surface area contributed by atoms with E-state index < -0.39 is 0 Å². The van der Waals surface area contributed by atoms with Gasteiger partial charge in [0.05, 0.1) is 0 Å². The summed E-state index contributed by atoms with van der Waals surface area (Å²) in [5.41, 5.74) is 1.44. The number of nitrogens with zero attached hydrogens (tertiary/aromatic N) is 2. The van der Waals surface area contributed by atoms with Gasteiger partial charge in [-0.1, -0.05) is 25.4 Å². The number of carbonyl (C=O) groups excluding carboxylic acids is 1. The van der Waals surface area contributed by atoms with Crippen LogP contribution >= 0.6 is 11.6 Å². The van der Waals surface area contributed by atoms with Crippen molar-refractivity contribution in [2.75, 3.05) is 20.1 Å². The van der Waals surface area contributed by atoms with E-state index >= 15 is 0 Å². The first-order valence-electron chi connectivity index (χ1n) is 7.13. The van der Waals surface area contributed by atoms with Crippen molar-refractivity contribution in [3.8, 4) is 0 Å². The van der Waals surface area contributed by atoms with E-state index in [0.29, 0.717) is 23.3 Å². The highest BCUT2D eigenvalue weighted by Gasteiger charge is 2.21. The second kappa shape index (κ2) is 6.55. The SMILES string of the molecule is CC(C)c1cc(C(=O)NCC2CCCN2C)cc(Cl)n1. The fourth-order valence-electron chi connectivity index (χ4n) is 2.49. The quantitative estimate of drug-likeness (QED) is 0.869.